The molecule has 1 aliphatic heterocycles. The molecule has 0 spiro atoms. The molecular formula is C14H19N3O2. The molecule has 5 heteroatoms. The molecule has 2 amide bonds. The van der Waals surface area contributed by atoms with Gasteiger partial charge in [0.15, 0.2) is 0 Å². The summed E-state index contributed by atoms with van der Waals surface area (Å²) in [5, 5.41) is 0. The van der Waals surface area contributed by atoms with Crippen LogP contribution >= 0.6 is 0 Å². The van der Waals surface area contributed by atoms with Crippen LogP contribution in [0, 0.1) is 0 Å². The van der Waals surface area contributed by atoms with E-state index < -0.39 is 18.0 Å². The number of benzene rings is 1. The van der Waals surface area contributed by atoms with E-state index in [9.17, 15) is 9.59 Å². The highest BCUT2D eigenvalue weighted by atomic mass is 16.2. The van der Waals surface area contributed by atoms with E-state index in [0.29, 0.717) is 19.4 Å². The van der Waals surface area contributed by atoms with Crippen LogP contribution in [-0.2, 0) is 16.0 Å². The maximum absolute atomic E-state index is 12.3. The number of hydrogen-bond acceptors (Lipinski definition) is 3. The molecule has 2 rings (SSSR count). The molecule has 2 atom stereocenters. The van der Waals surface area contributed by atoms with Gasteiger partial charge < -0.3 is 16.4 Å². The molecule has 1 heterocycles. The lowest BCUT2D eigenvalue weighted by molar-refractivity contribution is -0.138. The van der Waals surface area contributed by atoms with Gasteiger partial charge in [-0.3, -0.25) is 9.59 Å². The molecule has 0 radical (unpaired) electrons. The summed E-state index contributed by atoms with van der Waals surface area (Å²) >= 11 is 0. The number of likely N-dealkylation sites (tertiary alicyclic amines) is 1. The molecule has 1 saturated heterocycles. The molecular weight excluding hydrogens is 242 g/mol. The third kappa shape index (κ3) is 3.12. The van der Waals surface area contributed by atoms with E-state index in [1.807, 2.05) is 30.3 Å². The highest BCUT2D eigenvalue weighted by Gasteiger charge is 2.34. The van der Waals surface area contributed by atoms with Crippen molar-refractivity contribution >= 4 is 11.8 Å². The number of carbonyl (C=O) groups excluding carboxylic acids is 2. The van der Waals surface area contributed by atoms with Crippen molar-refractivity contribution in [1.82, 2.24) is 4.90 Å². The van der Waals surface area contributed by atoms with Crippen molar-refractivity contribution in [3.63, 3.8) is 0 Å². The zero-order valence-corrected chi connectivity index (χ0v) is 10.8. The third-order valence-corrected chi connectivity index (χ3v) is 3.48. The van der Waals surface area contributed by atoms with Crippen LogP contribution in [0.5, 0.6) is 0 Å². The zero-order chi connectivity index (χ0) is 13.8. The van der Waals surface area contributed by atoms with Crippen molar-refractivity contribution in [3.8, 4) is 0 Å². The van der Waals surface area contributed by atoms with E-state index in [1.165, 1.54) is 4.90 Å². The predicted molar refractivity (Wildman–Crippen MR) is 72.1 cm³/mol. The molecule has 5 nitrogen and oxygen atoms in total. The van der Waals surface area contributed by atoms with Gasteiger partial charge in [-0.2, -0.15) is 0 Å². The minimum absolute atomic E-state index is 0.190. The molecule has 0 bridgehead atoms. The van der Waals surface area contributed by atoms with Gasteiger partial charge in [-0.05, 0) is 24.8 Å². The Balaban J connectivity index is 2.01. The number of nitrogens with zero attached hydrogens (tertiary/aromatic N) is 1. The first-order valence-electron chi connectivity index (χ1n) is 6.49. The molecule has 102 valence electrons. The summed E-state index contributed by atoms with van der Waals surface area (Å²) in [5.74, 6) is -0.636. The van der Waals surface area contributed by atoms with Gasteiger partial charge in [-0.15, -0.1) is 0 Å². The van der Waals surface area contributed by atoms with Gasteiger partial charge in [0, 0.05) is 6.54 Å². The first-order valence-corrected chi connectivity index (χ1v) is 6.49. The van der Waals surface area contributed by atoms with Gasteiger partial charge in [-0.25, -0.2) is 0 Å². The van der Waals surface area contributed by atoms with E-state index in [-0.39, 0.29) is 5.91 Å². The van der Waals surface area contributed by atoms with Gasteiger partial charge in [0.2, 0.25) is 11.8 Å². The molecule has 1 aliphatic rings. The third-order valence-electron chi connectivity index (χ3n) is 3.48. The summed E-state index contributed by atoms with van der Waals surface area (Å²) in [6, 6.07) is 8.49. The van der Waals surface area contributed by atoms with Crippen LogP contribution in [0.3, 0.4) is 0 Å². The Morgan fingerprint density at radius 1 is 1.32 bits per heavy atom. The number of carbonyl (C=O) groups is 2. The second-order valence-electron chi connectivity index (χ2n) is 4.89. The fraction of sp³-hybridized carbons (Fsp3) is 0.429. The second kappa shape index (κ2) is 5.84. The Labute approximate surface area is 112 Å². The Bertz CT molecular complexity index is 461. The quantitative estimate of drug-likeness (QED) is 0.801. The highest BCUT2D eigenvalue weighted by molar-refractivity contribution is 5.89. The Hall–Kier alpha value is -1.88. The maximum atomic E-state index is 12.3. The molecule has 0 aliphatic carbocycles. The number of rotatable bonds is 4. The average molecular weight is 261 g/mol. The molecule has 1 aromatic carbocycles. The minimum atomic E-state index is -0.623. The minimum Gasteiger partial charge on any atom is -0.368 e. The van der Waals surface area contributed by atoms with E-state index in [0.717, 1.165) is 12.0 Å². The molecule has 1 fully saturated rings. The lowest BCUT2D eigenvalue weighted by atomic mass is 10.1. The van der Waals surface area contributed by atoms with E-state index in [1.54, 1.807) is 0 Å². The molecule has 0 unspecified atom stereocenters. The van der Waals surface area contributed by atoms with Crippen LogP contribution in [0.15, 0.2) is 30.3 Å². The van der Waals surface area contributed by atoms with Crippen molar-refractivity contribution < 1.29 is 9.59 Å². The molecule has 4 N–H and O–H groups in total. The van der Waals surface area contributed by atoms with Crippen molar-refractivity contribution in [2.45, 2.75) is 31.3 Å². The van der Waals surface area contributed by atoms with Crippen LogP contribution in [0.25, 0.3) is 0 Å². The largest absolute Gasteiger partial charge is 0.368 e. The van der Waals surface area contributed by atoms with Crippen molar-refractivity contribution in [1.29, 1.82) is 0 Å². The van der Waals surface area contributed by atoms with Crippen molar-refractivity contribution in [2.75, 3.05) is 6.54 Å². The predicted octanol–water partition coefficient (Wildman–Crippen LogP) is 0.0327. The smallest absolute Gasteiger partial charge is 0.240 e. The van der Waals surface area contributed by atoms with Crippen LogP contribution in [0.1, 0.15) is 18.4 Å². The van der Waals surface area contributed by atoms with Crippen LogP contribution < -0.4 is 11.5 Å². The van der Waals surface area contributed by atoms with Gasteiger partial charge >= 0.3 is 0 Å². The van der Waals surface area contributed by atoms with E-state index in [2.05, 4.69) is 0 Å². The summed E-state index contributed by atoms with van der Waals surface area (Å²) in [4.78, 5) is 25.1. The standard InChI is InChI=1S/C14H19N3O2/c15-11(9-10-5-2-1-3-6-10)14(19)17-8-4-7-12(17)13(16)18/h1-3,5-6,11-12H,4,7-9,15H2,(H2,16,18)/t11-,12+/m1/s1. The van der Waals surface area contributed by atoms with E-state index in [4.69, 9.17) is 11.5 Å². The average Bonchev–Trinajstić information content (AvgIpc) is 2.88. The summed E-state index contributed by atoms with van der Waals surface area (Å²) in [6.07, 6.45) is 1.91. The summed E-state index contributed by atoms with van der Waals surface area (Å²) in [7, 11) is 0. The van der Waals surface area contributed by atoms with Crippen LogP contribution in [0.4, 0.5) is 0 Å². The fourth-order valence-corrected chi connectivity index (χ4v) is 2.49. The second-order valence-corrected chi connectivity index (χ2v) is 4.89. The number of hydrogen-bond donors (Lipinski definition) is 2. The summed E-state index contributed by atoms with van der Waals surface area (Å²) in [6.45, 7) is 0.564. The van der Waals surface area contributed by atoms with Gasteiger partial charge in [0.25, 0.3) is 0 Å². The number of amides is 2. The van der Waals surface area contributed by atoms with Gasteiger partial charge in [0.05, 0.1) is 6.04 Å². The summed E-state index contributed by atoms with van der Waals surface area (Å²) < 4.78 is 0. The zero-order valence-electron chi connectivity index (χ0n) is 10.8. The van der Waals surface area contributed by atoms with E-state index >= 15 is 0 Å². The molecule has 1 aromatic rings. The normalized spacial score (nSPS) is 20.3. The number of primary amides is 1. The molecule has 0 aromatic heterocycles. The lowest BCUT2D eigenvalue weighted by Gasteiger charge is -2.25. The molecule has 0 saturated carbocycles. The van der Waals surface area contributed by atoms with Crippen molar-refractivity contribution in [3.05, 3.63) is 35.9 Å². The fourth-order valence-electron chi connectivity index (χ4n) is 2.49. The van der Waals surface area contributed by atoms with Crippen molar-refractivity contribution in [2.24, 2.45) is 11.5 Å². The first kappa shape index (κ1) is 13.5. The Morgan fingerprint density at radius 2 is 2.00 bits per heavy atom. The monoisotopic (exact) mass is 261 g/mol. The number of nitrogens with two attached hydrogens (primary N) is 2. The topological polar surface area (TPSA) is 89.4 Å². The Kier molecular flexibility index (Phi) is 4.16. The van der Waals surface area contributed by atoms with Crippen LogP contribution in [-0.4, -0.2) is 35.3 Å². The first-order chi connectivity index (χ1) is 9.09. The maximum Gasteiger partial charge on any atom is 0.240 e. The van der Waals surface area contributed by atoms with Gasteiger partial charge in [0.1, 0.15) is 6.04 Å². The molecule has 19 heavy (non-hydrogen) atoms. The van der Waals surface area contributed by atoms with Gasteiger partial charge in [-0.1, -0.05) is 30.3 Å². The Morgan fingerprint density at radius 3 is 2.63 bits per heavy atom. The SMILES string of the molecule is NC(=O)[C@@H]1CCCN1C(=O)[C@H](N)Cc1ccccc1. The van der Waals surface area contributed by atoms with Crippen LogP contribution in [0.2, 0.25) is 0 Å². The highest BCUT2D eigenvalue weighted by Crippen LogP contribution is 2.18. The lowest BCUT2D eigenvalue weighted by Crippen LogP contribution is -2.50. The summed E-state index contributed by atoms with van der Waals surface area (Å²) in [5.41, 5.74) is 12.3.